The highest BCUT2D eigenvalue weighted by atomic mass is 16.1. The second-order valence-electron chi connectivity index (χ2n) is 7.20. The Morgan fingerprint density at radius 2 is 0.769 bits per heavy atom. The normalized spacial score (nSPS) is 26.6. The highest BCUT2D eigenvalue weighted by Crippen LogP contribution is 2.61. The zero-order chi connectivity index (χ0) is 17.7. The first-order valence-electron chi connectivity index (χ1n) is 9.04. The van der Waals surface area contributed by atoms with E-state index in [0.29, 0.717) is 11.1 Å². The third-order valence-electron chi connectivity index (χ3n) is 5.98. The van der Waals surface area contributed by atoms with Crippen molar-refractivity contribution in [3.05, 3.63) is 107 Å². The molecule has 1 saturated carbocycles. The Labute approximate surface area is 152 Å². The average molecular weight is 338 g/mol. The number of ketones is 2. The van der Waals surface area contributed by atoms with Gasteiger partial charge in [-0.05, 0) is 11.1 Å². The van der Waals surface area contributed by atoms with Gasteiger partial charge in [0.1, 0.15) is 0 Å². The highest BCUT2D eigenvalue weighted by molar-refractivity contribution is 6.17. The van der Waals surface area contributed by atoms with Crippen molar-refractivity contribution in [2.75, 3.05) is 0 Å². The standard InChI is InChI=1S/C24H18O2/c25-23-17-13-7-8-14-18(17)24(26)22-20(16-11-5-2-6-12-16)19(21(22)23)15-9-3-1-4-10-15/h1-14,19-22H. The topological polar surface area (TPSA) is 34.1 Å². The predicted octanol–water partition coefficient (Wildman–Crippen LogP) is 4.88. The Morgan fingerprint density at radius 3 is 1.15 bits per heavy atom. The summed E-state index contributed by atoms with van der Waals surface area (Å²) in [7, 11) is 0. The molecule has 0 bridgehead atoms. The van der Waals surface area contributed by atoms with Gasteiger partial charge in [-0.3, -0.25) is 9.59 Å². The fourth-order valence-electron chi connectivity index (χ4n) is 4.85. The lowest BCUT2D eigenvalue weighted by atomic mass is 9.47. The van der Waals surface area contributed by atoms with Crippen LogP contribution < -0.4 is 0 Å². The Balaban J connectivity index is 1.68. The maximum atomic E-state index is 13.2. The van der Waals surface area contributed by atoms with Gasteiger partial charge < -0.3 is 0 Å². The molecule has 26 heavy (non-hydrogen) atoms. The second-order valence-corrected chi connectivity index (χ2v) is 7.20. The monoisotopic (exact) mass is 338 g/mol. The van der Waals surface area contributed by atoms with Crippen LogP contribution >= 0.6 is 0 Å². The molecule has 0 heterocycles. The van der Waals surface area contributed by atoms with Crippen molar-refractivity contribution >= 4 is 11.6 Å². The number of rotatable bonds is 2. The molecule has 0 amide bonds. The van der Waals surface area contributed by atoms with Gasteiger partial charge in [0.2, 0.25) is 0 Å². The molecule has 0 aliphatic heterocycles. The van der Waals surface area contributed by atoms with E-state index < -0.39 is 0 Å². The van der Waals surface area contributed by atoms with Crippen LogP contribution in [0.4, 0.5) is 0 Å². The van der Waals surface area contributed by atoms with E-state index in [1.54, 1.807) is 12.1 Å². The van der Waals surface area contributed by atoms with Crippen molar-refractivity contribution in [3.63, 3.8) is 0 Å². The minimum Gasteiger partial charge on any atom is -0.294 e. The summed E-state index contributed by atoms with van der Waals surface area (Å²) in [5, 5.41) is 0. The quantitative estimate of drug-likeness (QED) is 0.667. The summed E-state index contributed by atoms with van der Waals surface area (Å²) in [6.07, 6.45) is 0. The summed E-state index contributed by atoms with van der Waals surface area (Å²) >= 11 is 0. The van der Waals surface area contributed by atoms with Gasteiger partial charge in [-0.15, -0.1) is 0 Å². The molecule has 1 fully saturated rings. The molecule has 2 aliphatic rings. The molecule has 5 rings (SSSR count). The molecule has 2 nitrogen and oxygen atoms in total. The summed E-state index contributed by atoms with van der Waals surface area (Å²) in [5.74, 6) is -0.186. The molecule has 0 spiro atoms. The van der Waals surface area contributed by atoms with Crippen molar-refractivity contribution in [2.45, 2.75) is 11.8 Å². The van der Waals surface area contributed by atoms with Crippen LogP contribution in [0, 0.1) is 11.8 Å². The lowest BCUT2D eigenvalue weighted by molar-refractivity contribution is 0.0420. The molecule has 3 aromatic rings. The summed E-state index contributed by atoms with van der Waals surface area (Å²) in [6.45, 7) is 0. The van der Waals surface area contributed by atoms with E-state index in [9.17, 15) is 9.59 Å². The third kappa shape index (κ3) is 2.05. The van der Waals surface area contributed by atoms with E-state index in [1.165, 1.54) is 0 Å². The molecule has 126 valence electrons. The zero-order valence-electron chi connectivity index (χ0n) is 14.2. The fourth-order valence-corrected chi connectivity index (χ4v) is 4.85. The van der Waals surface area contributed by atoms with Crippen LogP contribution in [0.25, 0.3) is 0 Å². The van der Waals surface area contributed by atoms with Crippen LogP contribution in [0.1, 0.15) is 43.7 Å². The summed E-state index contributed by atoms with van der Waals surface area (Å²) in [6, 6.07) is 27.6. The molecule has 2 heteroatoms. The lowest BCUT2D eigenvalue weighted by Gasteiger charge is -2.53. The predicted molar refractivity (Wildman–Crippen MR) is 100 cm³/mol. The summed E-state index contributed by atoms with van der Waals surface area (Å²) < 4.78 is 0. The van der Waals surface area contributed by atoms with Gasteiger partial charge in [-0.25, -0.2) is 0 Å². The number of benzene rings is 3. The van der Waals surface area contributed by atoms with Gasteiger partial charge in [-0.1, -0.05) is 84.9 Å². The number of hydrogen-bond acceptors (Lipinski definition) is 2. The van der Waals surface area contributed by atoms with Gasteiger partial charge in [0, 0.05) is 34.8 Å². The van der Waals surface area contributed by atoms with Crippen LogP contribution in [0.2, 0.25) is 0 Å². The minimum absolute atomic E-state index is 0.0495. The van der Waals surface area contributed by atoms with Crippen molar-refractivity contribution in [3.8, 4) is 0 Å². The molecular weight excluding hydrogens is 320 g/mol. The Morgan fingerprint density at radius 1 is 0.423 bits per heavy atom. The lowest BCUT2D eigenvalue weighted by Crippen LogP contribution is -2.54. The first-order chi connectivity index (χ1) is 12.8. The third-order valence-corrected chi connectivity index (χ3v) is 5.98. The smallest absolute Gasteiger partial charge is 0.168 e. The van der Waals surface area contributed by atoms with Crippen LogP contribution in [0.5, 0.6) is 0 Å². The van der Waals surface area contributed by atoms with E-state index in [2.05, 4.69) is 24.3 Å². The van der Waals surface area contributed by atoms with Crippen molar-refractivity contribution in [1.29, 1.82) is 0 Å². The van der Waals surface area contributed by atoms with Crippen molar-refractivity contribution < 1.29 is 9.59 Å². The minimum atomic E-state index is -0.259. The van der Waals surface area contributed by atoms with E-state index in [-0.39, 0.29) is 35.2 Å². The van der Waals surface area contributed by atoms with E-state index in [4.69, 9.17) is 0 Å². The number of carbonyl (C=O) groups is 2. The van der Waals surface area contributed by atoms with Gasteiger partial charge in [0.15, 0.2) is 11.6 Å². The van der Waals surface area contributed by atoms with Gasteiger partial charge in [0.05, 0.1) is 0 Å². The van der Waals surface area contributed by atoms with E-state index in [0.717, 1.165) is 11.1 Å². The van der Waals surface area contributed by atoms with Crippen molar-refractivity contribution in [1.82, 2.24) is 0 Å². The molecule has 0 aromatic heterocycles. The zero-order valence-corrected chi connectivity index (χ0v) is 14.2. The van der Waals surface area contributed by atoms with E-state index >= 15 is 0 Å². The molecule has 4 unspecified atom stereocenters. The molecule has 0 saturated heterocycles. The molecule has 0 N–H and O–H groups in total. The fraction of sp³-hybridized carbons (Fsp3) is 0.167. The first-order valence-corrected chi connectivity index (χ1v) is 9.04. The number of hydrogen-bond donors (Lipinski definition) is 0. The first kappa shape index (κ1) is 15.3. The molecule has 4 atom stereocenters. The van der Waals surface area contributed by atoms with Crippen molar-refractivity contribution in [2.24, 2.45) is 11.8 Å². The second kappa shape index (κ2) is 5.77. The van der Waals surface area contributed by atoms with Crippen LogP contribution in [0.3, 0.4) is 0 Å². The Kier molecular flexibility index (Phi) is 3.39. The van der Waals surface area contributed by atoms with Gasteiger partial charge >= 0.3 is 0 Å². The van der Waals surface area contributed by atoms with Crippen LogP contribution in [-0.4, -0.2) is 11.6 Å². The molecule has 3 aromatic carbocycles. The summed E-state index contributed by atoms with van der Waals surface area (Å²) in [5.41, 5.74) is 3.46. The maximum Gasteiger partial charge on any atom is 0.168 e. The van der Waals surface area contributed by atoms with Gasteiger partial charge in [-0.2, -0.15) is 0 Å². The maximum absolute atomic E-state index is 13.2. The van der Waals surface area contributed by atoms with Crippen LogP contribution in [0.15, 0.2) is 84.9 Å². The number of carbonyl (C=O) groups excluding carboxylic acids is 2. The number of Topliss-reactive ketones (excluding diaryl/α,β-unsaturated/α-hetero) is 2. The molecular formula is C24H18O2. The average Bonchev–Trinajstić information content (AvgIpc) is 2.68. The molecule has 0 radical (unpaired) electrons. The van der Waals surface area contributed by atoms with E-state index in [1.807, 2.05) is 48.5 Å². The Bertz CT molecular complexity index is 908. The highest BCUT2D eigenvalue weighted by Gasteiger charge is 2.60. The SMILES string of the molecule is O=C1c2ccccc2C(=O)C2C1C(c1ccccc1)C2c1ccccc1. The van der Waals surface area contributed by atoms with Crippen LogP contribution in [-0.2, 0) is 0 Å². The molecule has 2 aliphatic carbocycles. The largest absolute Gasteiger partial charge is 0.294 e. The number of fused-ring (bicyclic) bond motifs is 2. The Hall–Kier alpha value is -3.00. The van der Waals surface area contributed by atoms with Gasteiger partial charge in [0.25, 0.3) is 0 Å². The summed E-state index contributed by atoms with van der Waals surface area (Å²) in [4.78, 5) is 26.5.